The Labute approximate surface area is 228 Å². The van der Waals surface area contributed by atoms with E-state index in [1.165, 1.54) is 4.90 Å². The predicted octanol–water partition coefficient (Wildman–Crippen LogP) is 3.14. The molecule has 0 unspecified atom stereocenters. The van der Waals surface area contributed by atoms with E-state index in [0.717, 1.165) is 16.8 Å². The Kier molecular flexibility index (Phi) is 9.81. The summed E-state index contributed by atoms with van der Waals surface area (Å²) in [5.41, 5.74) is 7.94. The average Bonchev–Trinajstić information content (AvgIpc) is 3.32. The third-order valence-corrected chi connectivity index (χ3v) is 5.81. The van der Waals surface area contributed by atoms with Gasteiger partial charge in [-0.1, -0.05) is 42.5 Å². The molecule has 0 radical (unpaired) electrons. The number of benzene rings is 2. The number of amides is 3. The van der Waals surface area contributed by atoms with Gasteiger partial charge in [0.2, 0.25) is 11.8 Å². The number of nitrogens with two attached hydrogens (primary N) is 1. The zero-order valence-electron chi connectivity index (χ0n) is 22.5. The molecule has 2 aromatic carbocycles. The third-order valence-electron chi connectivity index (χ3n) is 5.81. The molecule has 10 nitrogen and oxygen atoms in total. The van der Waals surface area contributed by atoms with Crippen molar-refractivity contribution in [2.45, 2.75) is 58.3 Å². The fourth-order valence-electron chi connectivity index (χ4n) is 3.84. The maximum atomic E-state index is 13.0. The molecule has 204 valence electrons. The summed E-state index contributed by atoms with van der Waals surface area (Å²) in [6, 6.07) is 17.7. The normalized spacial score (nSPS) is 11.7. The lowest BCUT2D eigenvalue weighted by Gasteiger charge is -2.27. The van der Waals surface area contributed by atoms with Crippen LogP contribution in [0.3, 0.4) is 0 Å². The monoisotopic (exact) mass is 530 g/mol. The van der Waals surface area contributed by atoms with Crippen LogP contribution in [0.1, 0.15) is 49.6 Å². The number of ether oxygens (including phenoxy) is 1. The van der Waals surface area contributed by atoms with Crippen molar-refractivity contribution in [2.75, 3.05) is 6.54 Å². The number of nitrogens with one attached hydrogen (secondary N) is 1. The molecule has 10 heteroatoms. The first-order valence-electron chi connectivity index (χ1n) is 12.6. The standard InChI is InChI=1S/C29H34N6O4/c1-29(2,3)39-28(38)34(14-13-26(36)33-25(27(31)37)15-21-7-5-4-6-8-21)19-24-17-32-20-35(24)18-23-11-9-22(16-30)10-12-23/h4-12,17,20,25H,13-15,18-19H2,1-3H3,(H2,31,37)(H,33,36)/t25-/m0/s1. The van der Waals surface area contributed by atoms with Gasteiger partial charge in [-0.25, -0.2) is 9.78 Å². The molecule has 3 N–H and O–H groups in total. The number of rotatable bonds is 11. The summed E-state index contributed by atoms with van der Waals surface area (Å²) < 4.78 is 7.47. The van der Waals surface area contributed by atoms with Crippen LogP contribution in [0.15, 0.2) is 67.1 Å². The third kappa shape index (κ3) is 9.31. The second-order valence-corrected chi connectivity index (χ2v) is 10.2. The van der Waals surface area contributed by atoms with Gasteiger partial charge in [0, 0.05) is 32.1 Å². The van der Waals surface area contributed by atoms with Crippen LogP contribution in [0.2, 0.25) is 0 Å². The summed E-state index contributed by atoms with van der Waals surface area (Å²) in [6.45, 7) is 6.01. The van der Waals surface area contributed by atoms with Gasteiger partial charge in [-0.15, -0.1) is 0 Å². The Morgan fingerprint density at radius 1 is 1.10 bits per heavy atom. The Morgan fingerprint density at radius 3 is 2.41 bits per heavy atom. The first-order chi connectivity index (χ1) is 18.5. The fourth-order valence-corrected chi connectivity index (χ4v) is 3.84. The highest BCUT2D eigenvalue weighted by Gasteiger charge is 2.25. The SMILES string of the molecule is CC(C)(C)OC(=O)N(CCC(=O)N[C@@H](Cc1ccccc1)C(N)=O)Cc1cncn1Cc1ccc(C#N)cc1. The predicted molar refractivity (Wildman–Crippen MR) is 145 cm³/mol. The Balaban J connectivity index is 1.69. The van der Waals surface area contributed by atoms with Gasteiger partial charge in [-0.05, 0) is 44.0 Å². The van der Waals surface area contributed by atoms with Crippen LogP contribution in [-0.4, -0.2) is 50.5 Å². The van der Waals surface area contributed by atoms with Gasteiger partial charge in [0.05, 0.1) is 30.2 Å². The average molecular weight is 531 g/mol. The summed E-state index contributed by atoms with van der Waals surface area (Å²) >= 11 is 0. The number of carbonyl (C=O) groups excluding carboxylic acids is 3. The number of nitrogens with zero attached hydrogens (tertiary/aromatic N) is 4. The van der Waals surface area contributed by atoms with Gasteiger partial charge >= 0.3 is 6.09 Å². The molecule has 3 amide bonds. The maximum absolute atomic E-state index is 13.0. The molecule has 3 rings (SSSR count). The molecule has 1 atom stereocenters. The lowest BCUT2D eigenvalue weighted by Crippen LogP contribution is -2.47. The second kappa shape index (κ2) is 13.2. The molecule has 1 heterocycles. The number of hydrogen-bond donors (Lipinski definition) is 2. The van der Waals surface area contributed by atoms with Gasteiger partial charge in [0.15, 0.2) is 0 Å². The highest BCUT2D eigenvalue weighted by Crippen LogP contribution is 2.15. The largest absolute Gasteiger partial charge is 0.444 e. The maximum Gasteiger partial charge on any atom is 0.410 e. The fraction of sp³-hybridized carbons (Fsp3) is 0.345. The second-order valence-electron chi connectivity index (χ2n) is 10.2. The smallest absolute Gasteiger partial charge is 0.410 e. The quantitative estimate of drug-likeness (QED) is 0.390. The van der Waals surface area contributed by atoms with Crippen molar-refractivity contribution in [3.8, 4) is 6.07 Å². The summed E-state index contributed by atoms with van der Waals surface area (Å²) in [6.07, 6.45) is 2.96. The van der Waals surface area contributed by atoms with E-state index in [4.69, 9.17) is 15.7 Å². The lowest BCUT2D eigenvalue weighted by molar-refractivity contribution is -0.127. The number of nitriles is 1. The molecule has 0 saturated carbocycles. The first kappa shape index (κ1) is 28.9. The minimum absolute atomic E-state index is 0.0540. The first-order valence-corrected chi connectivity index (χ1v) is 12.6. The molecular formula is C29H34N6O4. The van der Waals surface area contributed by atoms with Crippen molar-refractivity contribution in [3.63, 3.8) is 0 Å². The minimum atomic E-state index is -0.872. The molecule has 1 aromatic heterocycles. The van der Waals surface area contributed by atoms with E-state index in [1.54, 1.807) is 45.4 Å². The molecule has 39 heavy (non-hydrogen) atoms. The zero-order chi connectivity index (χ0) is 28.4. The van der Waals surface area contributed by atoms with E-state index < -0.39 is 29.6 Å². The van der Waals surface area contributed by atoms with E-state index >= 15 is 0 Å². The van der Waals surface area contributed by atoms with Crippen molar-refractivity contribution in [3.05, 3.63) is 89.5 Å². The van der Waals surface area contributed by atoms with Crippen LogP contribution < -0.4 is 11.1 Å². The molecule has 0 aliphatic rings. The van der Waals surface area contributed by atoms with Crippen molar-refractivity contribution in [1.29, 1.82) is 5.26 Å². The summed E-state index contributed by atoms with van der Waals surface area (Å²) in [7, 11) is 0. The van der Waals surface area contributed by atoms with Crippen molar-refractivity contribution in [2.24, 2.45) is 5.73 Å². The van der Waals surface area contributed by atoms with E-state index in [-0.39, 0.29) is 25.9 Å². The van der Waals surface area contributed by atoms with E-state index in [1.807, 2.05) is 47.0 Å². The van der Waals surface area contributed by atoms with Gasteiger partial charge in [0.1, 0.15) is 11.6 Å². The van der Waals surface area contributed by atoms with Crippen LogP contribution in [0.4, 0.5) is 4.79 Å². The van der Waals surface area contributed by atoms with Crippen molar-refractivity contribution < 1.29 is 19.1 Å². The van der Waals surface area contributed by atoms with Crippen LogP contribution in [0.25, 0.3) is 0 Å². The molecule has 0 spiro atoms. The van der Waals surface area contributed by atoms with Crippen LogP contribution in [0.5, 0.6) is 0 Å². The highest BCUT2D eigenvalue weighted by molar-refractivity contribution is 5.87. The van der Waals surface area contributed by atoms with E-state index in [2.05, 4.69) is 16.4 Å². The van der Waals surface area contributed by atoms with Gasteiger partial charge < -0.3 is 25.3 Å². The van der Waals surface area contributed by atoms with Gasteiger partial charge in [-0.2, -0.15) is 5.26 Å². The Morgan fingerprint density at radius 2 is 1.79 bits per heavy atom. The molecule has 0 fully saturated rings. The summed E-state index contributed by atoms with van der Waals surface area (Å²) in [4.78, 5) is 43.5. The highest BCUT2D eigenvalue weighted by atomic mass is 16.6. The topological polar surface area (TPSA) is 143 Å². The molecule has 0 aliphatic carbocycles. The van der Waals surface area contributed by atoms with Gasteiger partial charge in [0.25, 0.3) is 0 Å². The van der Waals surface area contributed by atoms with Crippen LogP contribution in [0, 0.1) is 11.3 Å². The van der Waals surface area contributed by atoms with Gasteiger partial charge in [-0.3, -0.25) is 9.59 Å². The van der Waals surface area contributed by atoms with Crippen molar-refractivity contribution in [1.82, 2.24) is 19.8 Å². The number of primary amides is 1. The minimum Gasteiger partial charge on any atom is -0.444 e. The van der Waals surface area contributed by atoms with Crippen LogP contribution >= 0.6 is 0 Å². The number of imidazole rings is 1. The Bertz CT molecular complexity index is 1310. The zero-order valence-corrected chi connectivity index (χ0v) is 22.5. The molecule has 3 aromatic rings. The summed E-state index contributed by atoms with van der Waals surface area (Å²) in [5, 5.41) is 11.7. The molecule has 0 bridgehead atoms. The number of aromatic nitrogens is 2. The molecular weight excluding hydrogens is 496 g/mol. The lowest BCUT2D eigenvalue weighted by atomic mass is 10.1. The van der Waals surface area contributed by atoms with Crippen LogP contribution in [-0.2, 0) is 33.8 Å². The van der Waals surface area contributed by atoms with E-state index in [0.29, 0.717) is 12.1 Å². The number of carbonyl (C=O) groups is 3. The number of hydrogen-bond acceptors (Lipinski definition) is 6. The molecule has 0 saturated heterocycles. The Hall–Kier alpha value is -4.65. The molecule has 0 aliphatic heterocycles. The van der Waals surface area contributed by atoms with E-state index in [9.17, 15) is 14.4 Å². The summed E-state index contributed by atoms with van der Waals surface area (Å²) in [5.74, 6) is -1.04. The van der Waals surface area contributed by atoms with Crippen molar-refractivity contribution >= 4 is 17.9 Å².